The molecule has 2 aromatic carbocycles. The molecule has 144 valence electrons. The van der Waals surface area contributed by atoms with Gasteiger partial charge in [-0.1, -0.05) is 18.2 Å². The highest BCUT2D eigenvalue weighted by Gasteiger charge is 2.31. The van der Waals surface area contributed by atoms with Crippen LogP contribution in [0.2, 0.25) is 0 Å². The van der Waals surface area contributed by atoms with Crippen LogP contribution in [0.1, 0.15) is 40.3 Å². The summed E-state index contributed by atoms with van der Waals surface area (Å²) in [6.45, 7) is 9.99. The summed E-state index contributed by atoms with van der Waals surface area (Å²) in [4.78, 5) is 0. The first-order chi connectivity index (χ1) is 12.9. The molecule has 27 heavy (non-hydrogen) atoms. The van der Waals surface area contributed by atoms with Crippen LogP contribution in [0.5, 0.6) is 11.5 Å². The van der Waals surface area contributed by atoms with Crippen molar-refractivity contribution in [3.63, 3.8) is 0 Å². The summed E-state index contributed by atoms with van der Waals surface area (Å²) >= 11 is 0. The van der Waals surface area contributed by atoms with Gasteiger partial charge in [-0.15, -0.1) is 0 Å². The predicted molar refractivity (Wildman–Crippen MR) is 109 cm³/mol. The van der Waals surface area contributed by atoms with E-state index in [0.29, 0.717) is 19.8 Å². The van der Waals surface area contributed by atoms with Crippen LogP contribution in [0.4, 0.5) is 0 Å². The first-order valence-corrected chi connectivity index (χ1v) is 9.30. The van der Waals surface area contributed by atoms with Crippen LogP contribution < -0.4 is 15.2 Å². The Kier molecular flexibility index (Phi) is 5.59. The van der Waals surface area contributed by atoms with Crippen molar-refractivity contribution in [1.29, 1.82) is 0 Å². The van der Waals surface area contributed by atoms with Crippen LogP contribution in [0, 0.1) is 20.8 Å². The van der Waals surface area contributed by atoms with Gasteiger partial charge in [0.05, 0.1) is 6.61 Å². The summed E-state index contributed by atoms with van der Waals surface area (Å²) in [6, 6.07) is 7.86. The van der Waals surface area contributed by atoms with E-state index < -0.39 is 5.60 Å². The third-order valence-electron chi connectivity index (χ3n) is 5.37. The van der Waals surface area contributed by atoms with Gasteiger partial charge in [-0.2, -0.15) is 0 Å². The molecule has 0 bridgehead atoms. The summed E-state index contributed by atoms with van der Waals surface area (Å²) in [5, 5.41) is 0. The molecule has 0 aromatic heterocycles. The van der Waals surface area contributed by atoms with Crippen molar-refractivity contribution >= 4 is 6.08 Å². The molecular formula is C23H29NO3. The third kappa shape index (κ3) is 3.87. The van der Waals surface area contributed by atoms with E-state index in [9.17, 15) is 0 Å². The zero-order valence-electron chi connectivity index (χ0n) is 16.9. The van der Waals surface area contributed by atoms with E-state index >= 15 is 0 Å². The highest BCUT2D eigenvalue weighted by atomic mass is 16.5. The maximum Gasteiger partial charge on any atom is 0.158 e. The van der Waals surface area contributed by atoms with Crippen molar-refractivity contribution in [3.05, 3.63) is 63.7 Å². The standard InChI is InChI=1S/C23H29NO3/c1-15-16(2)22-20(17(3)21(15)13-25-5)10-11-23(4,27-22)14-26-19-8-6-18(12-24)7-9-19/h6-11H,12-14,24H2,1-5H3. The highest BCUT2D eigenvalue weighted by Crippen LogP contribution is 2.40. The number of hydrogen-bond acceptors (Lipinski definition) is 4. The smallest absolute Gasteiger partial charge is 0.158 e. The molecule has 1 aliphatic rings. The number of benzene rings is 2. The fourth-order valence-corrected chi connectivity index (χ4v) is 3.46. The lowest BCUT2D eigenvalue weighted by molar-refractivity contribution is 0.0746. The van der Waals surface area contributed by atoms with Gasteiger partial charge >= 0.3 is 0 Å². The molecule has 1 unspecified atom stereocenters. The topological polar surface area (TPSA) is 53.7 Å². The Morgan fingerprint density at radius 1 is 1.04 bits per heavy atom. The normalized spacial score (nSPS) is 18.1. The number of rotatable bonds is 6. The lowest BCUT2D eigenvalue weighted by Gasteiger charge is -2.34. The molecule has 4 nitrogen and oxygen atoms in total. The second kappa shape index (κ2) is 7.75. The molecule has 4 heteroatoms. The molecule has 1 heterocycles. The van der Waals surface area contributed by atoms with E-state index in [1.807, 2.05) is 31.2 Å². The molecule has 3 rings (SSSR count). The Balaban J connectivity index is 1.83. The zero-order chi connectivity index (χ0) is 19.6. The predicted octanol–water partition coefficient (Wildman–Crippen LogP) is 4.46. The monoisotopic (exact) mass is 367 g/mol. The van der Waals surface area contributed by atoms with Crippen molar-refractivity contribution < 1.29 is 14.2 Å². The van der Waals surface area contributed by atoms with E-state index in [2.05, 4.69) is 32.9 Å². The molecular weight excluding hydrogens is 338 g/mol. The van der Waals surface area contributed by atoms with Crippen molar-refractivity contribution in [2.45, 2.75) is 46.4 Å². The SMILES string of the molecule is COCc1c(C)c(C)c2c(c1C)C=CC(C)(COc1ccc(CN)cc1)O2. The minimum absolute atomic E-state index is 0.433. The van der Waals surface area contributed by atoms with Gasteiger partial charge in [0.1, 0.15) is 18.1 Å². The Morgan fingerprint density at radius 3 is 2.37 bits per heavy atom. The van der Waals surface area contributed by atoms with E-state index in [0.717, 1.165) is 28.2 Å². The Labute approximate surface area is 161 Å². The second-order valence-corrected chi connectivity index (χ2v) is 7.41. The maximum absolute atomic E-state index is 6.44. The number of fused-ring (bicyclic) bond motifs is 1. The molecule has 0 aliphatic carbocycles. The van der Waals surface area contributed by atoms with Crippen molar-refractivity contribution in [2.75, 3.05) is 13.7 Å². The second-order valence-electron chi connectivity index (χ2n) is 7.41. The summed E-state index contributed by atoms with van der Waals surface area (Å²) in [5.41, 5.74) is 12.2. The lowest BCUT2D eigenvalue weighted by Crippen LogP contribution is -2.39. The Hall–Kier alpha value is -2.30. The largest absolute Gasteiger partial charge is 0.489 e. The molecule has 1 aliphatic heterocycles. The van der Waals surface area contributed by atoms with E-state index in [-0.39, 0.29) is 0 Å². The van der Waals surface area contributed by atoms with Crippen LogP contribution >= 0.6 is 0 Å². The molecule has 2 aromatic rings. The van der Waals surface area contributed by atoms with E-state index in [4.69, 9.17) is 19.9 Å². The van der Waals surface area contributed by atoms with Crippen molar-refractivity contribution in [1.82, 2.24) is 0 Å². The minimum atomic E-state index is -0.522. The minimum Gasteiger partial charge on any atom is -0.489 e. The molecule has 0 spiro atoms. The molecule has 0 saturated carbocycles. The first-order valence-electron chi connectivity index (χ1n) is 9.30. The van der Waals surface area contributed by atoms with Gasteiger partial charge < -0.3 is 19.9 Å². The molecule has 0 fully saturated rings. The van der Waals surface area contributed by atoms with Gasteiger partial charge in [0.15, 0.2) is 5.60 Å². The Bertz CT molecular complexity index is 855. The summed E-state index contributed by atoms with van der Waals surface area (Å²) in [5.74, 6) is 1.76. The Morgan fingerprint density at radius 2 is 1.74 bits per heavy atom. The quantitative estimate of drug-likeness (QED) is 0.819. The molecule has 0 amide bonds. The molecule has 2 N–H and O–H groups in total. The first kappa shape index (κ1) is 19.5. The van der Waals surface area contributed by atoms with E-state index in [1.165, 1.54) is 16.7 Å². The number of ether oxygens (including phenoxy) is 3. The average Bonchev–Trinajstić information content (AvgIpc) is 2.68. The summed E-state index contributed by atoms with van der Waals surface area (Å²) < 4.78 is 17.8. The summed E-state index contributed by atoms with van der Waals surface area (Å²) in [6.07, 6.45) is 4.24. The van der Waals surface area contributed by atoms with Crippen molar-refractivity contribution in [3.8, 4) is 11.5 Å². The number of nitrogens with two attached hydrogens (primary N) is 1. The van der Waals surface area contributed by atoms with Gasteiger partial charge in [-0.25, -0.2) is 0 Å². The van der Waals surface area contributed by atoms with Gasteiger partial charge in [0.2, 0.25) is 0 Å². The number of methoxy groups -OCH3 is 1. The van der Waals surface area contributed by atoms with Crippen LogP contribution in [0.15, 0.2) is 30.3 Å². The maximum atomic E-state index is 6.44. The van der Waals surface area contributed by atoms with Crippen molar-refractivity contribution in [2.24, 2.45) is 5.73 Å². The lowest BCUT2D eigenvalue weighted by atomic mass is 9.89. The highest BCUT2D eigenvalue weighted by molar-refractivity contribution is 5.70. The van der Waals surface area contributed by atoms with Crippen LogP contribution in [0.25, 0.3) is 6.08 Å². The van der Waals surface area contributed by atoms with Crippen LogP contribution in [-0.4, -0.2) is 19.3 Å². The third-order valence-corrected chi connectivity index (χ3v) is 5.37. The summed E-state index contributed by atoms with van der Waals surface area (Å²) in [7, 11) is 1.73. The molecule has 0 radical (unpaired) electrons. The van der Waals surface area contributed by atoms with E-state index in [1.54, 1.807) is 7.11 Å². The average molecular weight is 367 g/mol. The van der Waals surface area contributed by atoms with Gasteiger partial charge in [0.25, 0.3) is 0 Å². The van der Waals surface area contributed by atoms with Crippen LogP contribution in [0.3, 0.4) is 0 Å². The van der Waals surface area contributed by atoms with Gasteiger partial charge in [-0.05, 0) is 73.7 Å². The molecule has 1 atom stereocenters. The number of hydrogen-bond donors (Lipinski definition) is 1. The van der Waals surface area contributed by atoms with Gasteiger partial charge in [-0.3, -0.25) is 0 Å². The fraction of sp³-hybridized carbons (Fsp3) is 0.391. The fourth-order valence-electron chi connectivity index (χ4n) is 3.46. The zero-order valence-corrected chi connectivity index (χ0v) is 16.9. The van der Waals surface area contributed by atoms with Crippen LogP contribution in [-0.2, 0) is 17.9 Å². The molecule has 0 saturated heterocycles. The van der Waals surface area contributed by atoms with Gasteiger partial charge in [0, 0.05) is 19.2 Å².